The Morgan fingerprint density at radius 1 is 1.38 bits per heavy atom. The molecule has 0 aliphatic carbocycles. The average Bonchev–Trinajstić information content (AvgIpc) is 2.18. The first-order chi connectivity index (χ1) is 6.14. The molecule has 1 fully saturated rings. The fraction of sp³-hybridized carbons (Fsp3) is 1.00. The first kappa shape index (κ1) is 11.0. The Hall–Kier alpha value is -0.120. The Kier molecular flexibility index (Phi) is 3.71. The molecule has 0 bridgehead atoms. The second kappa shape index (κ2) is 4.40. The Morgan fingerprint density at radius 2 is 1.92 bits per heavy atom. The molecule has 2 N–H and O–H groups in total. The molecule has 1 heterocycles. The molecule has 0 aromatic carbocycles. The van der Waals surface area contributed by atoms with Crippen molar-refractivity contribution in [2.24, 2.45) is 5.73 Å². The van der Waals surface area contributed by atoms with E-state index in [0.29, 0.717) is 0 Å². The maximum Gasteiger partial charge on any atom is 0.0352 e. The SMILES string of the molecule is CCN(C)C1(CN)CCN(C)CC1. The van der Waals surface area contributed by atoms with Crippen LogP contribution in [0.15, 0.2) is 0 Å². The van der Waals surface area contributed by atoms with Gasteiger partial charge in [0, 0.05) is 12.1 Å². The number of likely N-dealkylation sites (tertiary alicyclic amines) is 1. The molecule has 3 nitrogen and oxygen atoms in total. The normalized spacial score (nSPS) is 23.8. The van der Waals surface area contributed by atoms with Crippen LogP contribution < -0.4 is 5.73 Å². The van der Waals surface area contributed by atoms with Crippen molar-refractivity contribution in [3.05, 3.63) is 0 Å². The Labute approximate surface area is 81.9 Å². The molecular formula is C10H23N3. The van der Waals surface area contributed by atoms with Gasteiger partial charge in [0.05, 0.1) is 0 Å². The van der Waals surface area contributed by atoms with E-state index in [4.69, 9.17) is 5.73 Å². The van der Waals surface area contributed by atoms with Gasteiger partial charge in [-0.05, 0) is 46.6 Å². The van der Waals surface area contributed by atoms with Crippen LogP contribution >= 0.6 is 0 Å². The second-order valence-corrected chi connectivity index (χ2v) is 4.25. The van der Waals surface area contributed by atoms with Crippen LogP contribution in [0.4, 0.5) is 0 Å². The third-order valence-corrected chi connectivity index (χ3v) is 3.58. The highest BCUT2D eigenvalue weighted by atomic mass is 15.2. The van der Waals surface area contributed by atoms with Crippen LogP contribution in [-0.2, 0) is 0 Å². The topological polar surface area (TPSA) is 32.5 Å². The molecule has 1 aliphatic heterocycles. The molecule has 0 spiro atoms. The van der Waals surface area contributed by atoms with Crippen molar-refractivity contribution in [1.82, 2.24) is 9.80 Å². The summed E-state index contributed by atoms with van der Waals surface area (Å²) in [5.74, 6) is 0. The summed E-state index contributed by atoms with van der Waals surface area (Å²) >= 11 is 0. The molecule has 0 aromatic rings. The molecule has 0 aromatic heterocycles. The fourth-order valence-electron chi connectivity index (χ4n) is 2.11. The minimum absolute atomic E-state index is 0.279. The molecular weight excluding hydrogens is 162 g/mol. The van der Waals surface area contributed by atoms with Gasteiger partial charge in [-0.3, -0.25) is 4.90 Å². The maximum atomic E-state index is 5.90. The second-order valence-electron chi connectivity index (χ2n) is 4.25. The van der Waals surface area contributed by atoms with Crippen molar-refractivity contribution in [2.75, 3.05) is 40.3 Å². The van der Waals surface area contributed by atoms with Gasteiger partial charge in [-0.25, -0.2) is 0 Å². The summed E-state index contributed by atoms with van der Waals surface area (Å²) in [6.07, 6.45) is 2.43. The zero-order valence-corrected chi connectivity index (χ0v) is 9.21. The van der Waals surface area contributed by atoms with E-state index in [2.05, 4.69) is 30.8 Å². The number of nitrogens with two attached hydrogens (primary N) is 1. The van der Waals surface area contributed by atoms with Crippen LogP contribution in [0.3, 0.4) is 0 Å². The van der Waals surface area contributed by atoms with Gasteiger partial charge in [-0.2, -0.15) is 0 Å². The zero-order valence-electron chi connectivity index (χ0n) is 9.21. The lowest BCUT2D eigenvalue weighted by molar-refractivity contribution is 0.0582. The molecule has 1 rings (SSSR count). The van der Waals surface area contributed by atoms with Crippen LogP contribution in [0.2, 0.25) is 0 Å². The molecule has 0 amide bonds. The molecule has 78 valence electrons. The first-order valence-corrected chi connectivity index (χ1v) is 5.24. The van der Waals surface area contributed by atoms with Crippen LogP contribution in [-0.4, -0.2) is 55.6 Å². The summed E-state index contributed by atoms with van der Waals surface area (Å²) in [6.45, 7) is 6.46. The fourth-order valence-corrected chi connectivity index (χ4v) is 2.11. The van der Waals surface area contributed by atoms with Crippen LogP contribution in [0.25, 0.3) is 0 Å². The van der Waals surface area contributed by atoms with Crippen molar-refractivity contribution in [3.63, 3.8) is 0 Å². The van der Waals surface area contributed by atoms with Gasteiger partial charge in [0.15, 0.2) is 0 Å². The monoisotopic (exact) mass is 185 g/mol. The van der Waals surface area contributed by atoms with Crippen LogP contribution in [0.5, 0.6) is 0 Å². The summed E-state index contributed by atoms with van der Waals surface area (Å²) in [7, 11) is 4.38. The van der Waals surface area contributed by atoms with E-state index in [9.17, 15) is 0 Å². The van der Waals surface area contributed by atoms with Gasteiger partial charge in [-0.1, -0.05) is 6.92 Å². The number of hydrogen-bond acceptors (Lipinski definition) is 3. The van der Waals surface area contributed by atoms with Crippen LogP contribution in [0.1, 0.15) is 19.8 Å². The summed E-state index contributed by atoms with van der Waals surface area (Å²) < 4.78 is 0. The molecule has 1 saturated heterocycles. The summed E-state index contributed by atoms with van der Waals surface area (Å²) in [5, 5.41) is 0. The summed E-state index contributed by atoms with van der Waals surface area (Å²) in [5.41, 5.74) is 6.18. The van der Waals surface area contributed by atoms with Crippen molar-refractivity contribution in [1.29, 1.82) is 0 Å². The molecule has 3 heteroatoms. The molecule has 13 heavy (non-hydrogen) atoms. The lowest BCUT2D eigenvalue weighted by atomic mass is 9.86. The third-order valence-electron chi connectivity index (χ3n) is 3.58. The lowest BCUT2D eigenvalue weighted by Crippen LogP contribution is -2.57. The minimum Gasteiger partial charge on any atom is -0.329 e. The van der Waals surface area contributed by atoms with E-state index >= 15 is 0 Å². The van der Waals surface area contributed by atoms with Crippen LogP contribution in [0, 0.1) is 0 Å². The van der Waals surface area contributed by atoms with Crippen molar-refractivity contribution in [3.8, 4) is 0 Å². The van der Waals surface area contributed by atoms with E-state index in [1.54, 1.807) is 0 Å². The summed E-state index contributed by atoms with van der Waals surface area (Å²) in [4.78, 5) is 4.80. The molecule has 0 atom stereocenters. The molecule has 0 saturated carbocycles. The predicted octanol–water partition coefficient (Wildman–Crippen LogP) is 0.361. The van der Waals surface area contributed by atoms with E-state index in [-0.39, 0.29) is 5.54 Å². The standard InChI is InChI=1S/C10H23N3/c1-4-13(3)10(9-11)5-7-12(2)8-6-10/h4-9,11H2,1-3H3. The predicted molar refractivity (Wildman–Crippen MR) is 56.8 cm³/mol. The van der Waals surface area contributed by atoms with Gasteiger partial charge in [-0.15, -0.1) is 0 Å². The highest BCUT2D eigenvalue weighted by Crippen LogP contribution is 2.25. The van der Waals surface area contributed by atoms with Crippen molar-refractivity contribution in [2.45, 2.75) is 25.3 Å². The Morgan fingerprint density at radius 3 is 2.31 bits per heavy atom. The van der Waals surface area contributed by atoms with Gasteiger partial charge in [0.2, 0.25) is 0 Å². The smallest absolute Gasteiger partial charge is 0.0352 e. The van der Waals surface area contributed by atoms with Gasteiger partial charge < -0.3 is 10.6 Å². The Balaban J connectivity index is 2.60. The number of rotatable bonds is 3. The number of hydrogen-bond donors (Lipinski definition) is 1. The molecule has 0 radical (unpaired) electrons. The number of likely N-dealkylation sites (N-methyl/N-ethyl adjacent to an activating group) is 1. The minimum atomic E-state index is 0.279. The highest BCUT2D eigenvalue weighted by Gasteiger charge is 2.35. The van der Waals surface area contributed by atoms with Gasteiger partial charge in [0.1, 0.15) is 0 Å². The Bertz CT molecular complexity index is 150. The van der Waals surface area contributed by atoms with Crippen molar-refractivity contribution < 1.29 is 0 Å². The van der Waals surface area contributed by atoms with Crippen molar-refractivity contribution >= 4 is 0 Å². The van der Waals surface area contributed by atoms with E-state index in [0.717, 1.165) is 13.1 Å². The average molecular weight is 185 g/mol. The number of nitrogens with zero attached hydrogens (tertiary/aromatic N) is 2. The number of piperidine rings is 1. The van der Waals surface area contributed by atoms with E-state index in [1.165, 1.54) is 25.9 Å². The highest BCUT2D eigenvalue weighted by molar-refractivity contribution is 4.94. The molecule has 1 aliphatic rings. The summed E-state index contributed by atoms with van der Waals surface area (Å²) in [6, 6.07) is 0. The largest absolute Gasteiger partial charge is 0.329 e. The third kappa shape index (κ3) is 2.22. The van der Waals surface area contributed by atoms with E-state index < -0.39 is 0 Å². The van der Waals surface area contributed by atoms with E-state index in [1.807, 2.05) is 0 Å². The lowest BCUT2D eigenvalue weighted by Gasteiger charge is -2.46. The quantitative estimate of drug-likeness (QED) is 0.689. The van der Waals surface area contributed by atoms with Gasteiger partial charge in [0.25, 0.3) is 0 Å². The molecule has 0 unspecified atom stereocenters. The first-order valence-electron chi connectivity index (χ1n) is 5.24. The van der Waals surface area contributed by atoms with Gasteiger partial charge >= 0.3 is 0 Å². The zero-order chi connectivity index (χ0) is 9.90. The maximum absolute atomic E-state index is 5.90.